The zero-order chi connectivity index (χ0) is 13.0. The highest BCUT2D eigenvalue weighted by Crippen LogP contribution is 2.28. The third-order valence-corrected chi connectivity index (χ3v) is 4.85. The molecule has 1 heterocycles. The van der Waals surface area contributed by atoms with E-state index in [9.17, 15) is 4.79 Å². The van der Waals surface area contributed by atoms with Crippen LogP contribution in [0, 0.1) is 0 Å². The predicted octanol–water partition coefficient (Wildman–Crippen LogP) is 2.97. The summed E-state index contributed by atoms with van der Waals surface area (Å²) >= 11 is 7.98. The standard InChI is InChI=1S/C13H16ClNO2S/c1-9-12(18-8-15-9)5-6-17-11-4-2-3-10(7-16)13(11)14/h2-4,7,9,12,15H,5-6,8H2,1H3. The molecule has 1 N–H and O–H groups in total. The number of ether oxygens (including phenoxy) is 1. The highest BCUT2D eigenvalue weighted by Gasteiger charge is 2.23. The average Bonchev–Trinajstić information content (AvgIpc) is 2.77. The Bertz CT molecular complexity index is 427. The lowest BCUT2D eigenvalue weighted by atomic mass is 10.2. The van der Waals surface area contributed by atoms with Gasteiger partial charge in [-0.2, -0.15) is 0 Å². The molecule has 0 spiro atoms. The van der Waals surface area contributed by atoms with Crippen LogP contribution in [0.25, 0.3) is 0 Å². The second-order valence-corrected chi connectivity index (χ2v) is 5.86. The fourth-order valence-electron chi connectivity index (χ4n) is 1.91. The van der Waals surface area contributed by atoms with Crippen LogP contribution in [0.1, 0.15) is 23.7 Å². The van der Waals surface area contributed by atoms with Crippen LogP contribution in [0.3, 0.4) is 0 Å². The van der Waals surface area contributed by atoms with Gasteiger partial charge in [0.2, 0.25) is 0 Å². The summed E-state index contributed by atoms with van der Waals surface area (Å²) in [6.45, 7) is 2.80. The molecule has 2 rings (SSSR count). The van der Waals surface area contributed by atoms with Gasteiger partial charge in [-0.25, -0.2) is 0 Å². The predicted molar refractivity (Wildman–Crippen MR) is 75.8 cm³/mol. The SMILES string of the molecule is CC1NCSC1CCOc1cccc(C=O)c1Cl. The van der Waals surface area contributed by atoms with Gasteiger partial charge in [0.15, 0.2) is 6.29 Å². The van der Waals surface area contributed by atoms with Crippen LogP contribution in [-0.4, -0.2) is 30.1 Å². The maximum atomic E-state index is 10.8. The summed E-state index contributed by atoms with van der Waals surface area (Å²) in [6.07, 6.45) is 1.72. The molecule has 3 nitrogen and oxygen atoms in total. The molecule has 0 amide bonds. The van der Waals surface area contributed by atoms with Gasteiger partial charge in [-0.05, 0) is 25.5 Å². The molecule has 1 aliphatic heterocycles. The molecule has 0 aliphatic carbocycles. The summed E-state index contributed by atoms with van der Waals surface area (Å²) in [6, 6.07) is 5.77. The number of halogens is 1. The minimum Gasteiger partial charge on any atom is -0.492 e. The Hall–Kier alpha value is -0.710. The molecule has 1 saturated heterocycles. The van der Waals surface area contributed by atoms with Crippen molar-refractivity contribution in [3.63, 3.8) is 0 Å². The Morgan fingerprint density at radius 3 is 3.11 bits per heavy atom. The molecule has 0 saturated carbocycles. The highest BCUT2D eigenvalue weighted by atomic mass is 35.5. The van der Waals surface area contributed by atoms with Gasteiger partial charge in [-0.3, -0.25) is 4.79 Å². The average molecular weight is 286 g/mol. The number of rotatable bonds is 5. The van der Waals surface area contributed by atoms with E-state index in [1.807, 2.05) is 11.8 Å². The number of carbonyl (C=O) groups excluding carboxylic acids is 1. The summed E-state index contributed by atoms with van der Waals surface area (Å²) in [5, 5.41) is 4.37. The minimum atomic E-state index is 0.401. The molecule has 2 unspecified atom stereocenters. The molecule has 1 aliphatic rings. The first-order chi connectivity index (χ1) is 8.72. The smallest absolute Gasteiger partial charge is 0.151 e. The van der Waals surface area contributed by atoms with Crippen molar-refractivity contribution in [3.05, 3.63) is 28.8 Å². The Balaban J connectivity index is 1.88. The number of benzene rings is 1. The Morgan fingerprint density at radius 1 is 1.61 bits per heavy atom. The van der Waals surface area contributed by atoms with Gasteiger partial charge < -0.3 is 10.1 Å². The van der Waals surface area contributed by atoms with Crippen LogP contribution in [0.15, 0.2) is 18.2 Å². The lowest BCUT2D eigenvalue weighted by Crippen LogP contribution is -2.27. The van der Waals surface area contributed by atoms with E-state index in [0.29, 0.717) is 34.2 Å². The number of carbonyl (C=O) groups is 1. The molecule has 2 atom stereocenters. The fraction of sp³-hybridized carbons (Fsp3) is 0.462. The molecule has 1 aromatic rings. The lowest BCUT2D eigenvalue weighted by Gasteiger charge is -2.15. The van der Waals surface area contributed by atoms with E-state index in [-0.39, 0.29) is 0 Å². The van der Waals surface area contributed by atoms with E-state index >= 15 is 0 Å². The molecule has 98 valence electrons. The Kier molecular flexibility index (Phi) is 4.92. The number of hydrogen-bond acceptors (Lipinski definition) is 4. The van der Waals surface area contributed by atoms with Crippen molar-refractivity contribution in [1.29, 1.82) is 0 Å². The van der Waals surface area contributed by atoms with Crippen molar-refractivity contribution < 1.29 is 9.53 Å². The van der Waals surface area contributed by atoms with Gasteiger partial charge in [0.1, 0.15) is 5.75 Å². The van der Waals surface area contributed by atoms with E-state index in [0.717, 1.165) is 18.6 Å². The van der Waals surface area contributed by atoms with Crippen LogP contribution in [0.2, 0.25) is 5.02 Å². The van der Waals surface area contributed by atoms with E-state index in [1.54, 1.807) is 18.2 Å². The zero-order valence-electron chi connectivity index (χ0n) is 10.2. The Labute approximate surface area is 116 Å². The molecule has 0 bridgehead atoms. The highest BCUT2D eigenvalue weighted by molar-refractivity contribution is 8.00. The summed E-state index contributed by atoms with van der Waals surface area (Å²) in [7, 11) is 0. The van der Waals surface area contributed by atoms with Crippen molar-refractivity contribution in [2.45, 2.75) is 24.6 Å². The maximum absolute atomic E-state index is 10.8. The molecular weight excluding hydrogens is 270 g/mol. The van der Waals surface area contributed by atoms with Crippen LogP contribution in [-0.2, 0) is 0 Å². The number of thioether (sulfide) groups is 1. The first kappa shape index (κ1) is 13.7. The van der Waals surface area contributed by atoms with Crippen LogP contribution < -0.4 is 10.1 Å². The van der Waals surface area contributed by atoms with E-state index in [2.05, 4.69) is 12.2 Å². The number of hydrogen-bond donors (Lipinski definition) is 1. The van der Waals surface area contributed by atoms with E-state index in [1.165, 1.54) is 0 Å². The second kappa shape index (κ2) is 6.45. The monoisotopic (exact) mass is 285 g/mol. The van der Waals surface area contributed by atoms with E-state index < -0.39 is 0 Å². The minimum absolute atomic E-state index is 0.401. The summed E-state index contributed by atoms with van der Waals surface area (Å²) < 4.78 is 5.66. The van der Waals surface area contributed by atoms with Gasteiger partial charge in [0, 0.05) is 22.7 Å². The van der Waals surface area contributed by atoms with Crippen molar-refractivity contribution in [3.8, 4) is 5.75 Å². The van der Waals surface area contributed by atoms with Gasteiger partial charge >= 0.3 is 0 Å². The normalized spacial score (nSPS) is 23.0. The largest absolute Gasteiger partial charge is 0.492 e. The summed E-state index contributed by atoms with van der Waals surface area (Å²) in [4.78, 5) is 10.8. The second-order valence-electron chi connectivity index (χ2n) is 4.26. The molecule has 18 heavy (non-hydrogen) atoms. The first-order valence-corrected chi connectivity index (χ1v) is 7.36. The Morgan fingerprint density at radius 2 is 2.44 bits per heavy atom. The molecular formula is C13H16ClNO2S. The summed E-state index contributed by atoms with van der Waals surface area (Å²) in [5.41, 5.74) is 0.472. The maximum Gasteiger partial charge on any atom is 0.151 e. The molecule has 1 aromatic carbocycles. The van der Waals surface area contributed by atoms with Gasteiger partial charge in [0.25, 0.3) is 0 Å². The molecule has 0 aromatic heterocycles. The number of nitrogens with one attached hydrogen (secondary N) is 1. The number of aldehydes is 1. The third kappa shape index (κ3) is 3.19. The molecule has 0 radical (unpaired) electrons. The van der Waals surface area contributed by atoms with Crippen molar-refractivity contribution in [2.75, 3.05) is 12.5 Å². The fourth-order valence-corrected chi connectivity index (χ4v) is 3.36. The van der Waals surface area contributed by atoms with Gasteiger partial charge in [-0.1, -0.05) is 17.7 Å². The van der Waals surface area contributed by atoms with Crippen molar-refractivity contribution in [1.82, 2.24) is 5.32 Å². The van der Waals surface area contributed by atoms with Gasteiger partial charge in [0.05, 0.1) is 11.6 Å². The van der Waals surface area contributed by atoms with Crippen molar-refractivity contribution in [2.24, 2.45) is 0 Å². The van der Waals surface area contributed by atoms with Crippen LogP contribution in [0.5, 0.6) is 5.75 Å². The lowest BCUT2D eigenvalue weighted by molar-refractivity contribution is 0.112. The quantitative estimate of drug-likeness (QED) is 0.844. The van der Waals surface area contributed by atoms with E-state index in [4.69, 9.17) is 16.3 Å². The van der Waals surface area contributed by atoms with Gasteiger partial charge in [-0.15, -0.1) is 11.8 Å². The van der Waals surface area contributed by atoms with Crippen molar-refractivity contribution >= 4 is 29.6 Å². The van der Waals surface area contributed by atoms with Crippen LogP contribution in [0.4, 0.5) is 0 Å². The first-order valence-electron chi connectivity index (χ1n) is 5.94. The zero-order valence-corrected chi connectivity index (χ0v) is 11.8. The topological polar surface area (TPSA) is 38.3 Å². The molecule has 5 heteroatoms. The molecule has 1 fully saturated rings. The van der Waals surface area contributed by atoms with Crippen LogP contribution >= 0.6 is 23.4 Å². The third-order valence-electron chi connectivity index (χ3n) is 3.04. The summed E-state index contributed by atoms with van der Waals surface area (Å²) in [5.74, 6) is 1.60.